The van der Waals surface area contributed by atoms with E-state index in [-0.39, 0.29) is 5.91 Å². The van der Waals surface area contributed by atoms with E-state index in [1.165, 1.54) is 0 Å². The minimum atomic E-state index is 0.158. The third-order valence-corrected chi connectivity index (χ3v) is 3.15. The molecule has 0 N–H and O–H groups in total. The van der Waals surface area contributed by atoms with Gasteiger partial charge in [-0.25, -0.2) is 4.98 Å². The lowest BCUT2D eigenvalue weighted by Gasteiger charge is -2.15. The fourth-order valence-electron chi connectivity index (χ4n) is 1.74. The molecular formula is C11H14N2OS. The van der Waals surface area contributed by atoms with E-state index in [1.54, 1.807) is 11.1 Å². The van der Waals surface area contributed by atoms with Crippen LogP contribution in [0, 0.1) is 12.8 Å². The molecular weight excluding hydrogens is 208 g/mol. The zero-order valence-electron chi connectivity index (χ0n) is 8.68. The number of pyridine rings is 1. The molecule has 0 bridgehead atoms. The lowest BCUT2D eigenvalue weighted by atomic mass is 10.1. The molecule has 1 fully saturated rings. The zero-order chi connectivity index (χ0) is 10.8. The second-order valence-corrected chi connectivity index (χ2v) is 4.32. The molecule has 2 heterocycles. The number of hydrogen-bond acceptors (Lipinski definition) is 3. The van der Waals surface area contributed by atoms with Gasteiger partial charge in [0.25, 0.3) is 0 Å². The summed E-state index contributed by atoms with van der Waals surface area (Å²) in [6.07, 6.45) is 2.38. The maximum absolute atomic E-state index is 11.7. The molecule has 1 aromatic rings. The molecule has 1 amide bonds. The van der Waals surface area contributed by atoms with E-state index in [0.717, 1.165) is 23.7 Å². The van der Waals surface area contributed by atoms with Crippen molar-refractivity contribution in [1.82, 2.24) is 4.98 Å². The van der Waals surface area contributed by atoms with Gasteiger partial charge in [-0.1, -0.05) is 6.07 Å². The highest BCUT2D eigenvalue weighted by molar-refractivity contribution is 7.80. The van der Waals surface area contributed by atoms with E-state index in [0.29, 0.717) is 12.3 Å². The SMILES string of the molecule is Cc1ccc(N2CC(CS)CC2=O)nc1. The maximum Gasteiger partial charge on any atom is 0.228 e. The molecule has 2 rings (SSSR count). The first-order valence-corrected chi connectivity index (χ1v) is 5.68. The average Bonchev–Trinajstić information content (AvgIpc) is 2.61. The molecule has 1 unspecified atom stereocenters. The van der Waals surface area contributed by atoms with Crippen LogP contribution >= 0.6 is 12.6 Å². The summed E-state index contributed by atoms with van der Waals surface area (Å²) in [7, 11) is 0. The van der Waals surface area contributed by atoms with Crippen LogP contribution in [-0.2, 0) is 4.79 Å². The van der Waals surface area contributed by atoms with Crippen LogP contribution in [0.3, 0.4) is 0 Å². The first-order chi connectivity index (χ1) is 7.20. The Hall–Kier alpha value is -1.03. The summed E-state index contributed by atoms with van der Waals surface area (Å²) in [6, 6.07) is 3.87. The van der Waals surface area contributed by atoms with Crippen molar-refractivity contribution >= 4 is 24.4 Å². The van der Waals surface area contributed by atoms with Crippen molar-refractivity contribution in [3.8, 4) is 0 Å². The third kappa shape index (κ3) is 2.15. The number of carbonyl (C=O) groups excluding carboxylic acids is 1. The van der Waals surface area contributed by atoms with Crippen LogP contribution in [0.4, 0.5) is 5.82 Å². The Morgan fingerprint density at radius 2 is 2.40 bits per heavy atom. The van der Waals surface area contributed by atoms with Crippen LogP contribution in [0.15, 0.2) is 18.3 Å². The Labute approximate surface area is 94.9 Å². The van der Waals surface area contributed by atoms with E-state index in [1.807, 2.05) is 19.1 Å². The van der Waals surface area contributed by atoms with Gasteiger partial charge in [0.1, 0.15) is 5.82 Å². The highest BCUT2D eigenvalue weighted by Gasteiger charge is 2.30. The topological polar surface area (TPSA) is 33.2 Å². The third-order valence-electron chi connectivity index (χ3n) is 2.64. The van der Waals surface area contributed by atoms with Crippen molar-refractivity contribution in [2.24, 2.45) is 5.92 Å². The molecule has 15 heavy (non-hydrogen) atoms. The molecule has 0 aliphatic carbocycles. The molecule has 0 saturated carbocycles. The molecule has 1 aliphatic heterocycles. The van der Waals surface area contributed by atoms with Gasteiger partial charge < -0.3 is 0 Å². The fraction of sp³-hybridized carbons (Fsp3) is 0.455. The van der Waals surface area contributed by atoms with Crippen LogP contribution in [-0.4, -0.2) is 23.2 Å². The minimum absolute atomic E-state index is 0.158. The van der Waals surface area contributed by atoms with Crippen LogP contribution in [0.25, 0.3) is 0 Å². The van der Waals surface area contributed by atoms with Gasteiger partial charge in [-0.05, 0) is 30.2 Å². The summed E-state index contributed by atoms with van der Waals surface area (Å²) < 4.78 is 0. The summed E-state index contributed by atoms with van der Waals surface area (Å²) in [6.45, 7) is 2.73. The van der Waals surface area contributed by atoms with E-state index in [9.17, 15) is 4.79 Å². The van der Waals surface area contributed by atoms with Gasteiger partial charge in [-0.3, -0.25) is 9.69 Å². The van der Waals surface area contributed by atoms with Crippen LogP contribution in [0.1, 0.15) is 12.0 Å². The Morgan fingerprint density at radius 3 is 2.93 bits per heavy atom. The standard InChI is InChI=1S/C11H14N2OS/c1-8-2-3-10(12-5-8)13-6-9(7-15)4-11(13)14/h2-3,5,9,15H,4,6-7H2,1H3. The van der Waals surface area contributed by atoms with Crippen molar-refractivity contribution in [3.63, 3.8) is 0 Å². The van der Waals surface area contributed by atoms with Crippen molar-refractivity contribution in [2.45, 2.75) is 13.3 Å². The molecule has 0 spiro atoms. The smallest absolute Gasteiger partial charge is 0.228 e. The zero-order valence-corrected chi connectivity index (χ0v) is 9.58. The molecule has 1 aromatic heterocycles. The molecule has 1 atom stereocenters. The summed E-state index contributed by atoms with van der Waals surface area (Å²) in [4.78, 5) is 17.7. The van der Waals surface area contributed by atoms with E-state index < -0.39 is 0 Å². The predicted octanol–water partition coefficient (Wildman–Crippen LogP) is 1.67. The van der Waals surface area contributed by atoms with Crippen molar-refractivity contribution in [1.29, 1.82) is 0 Å². The van der Waals surface area contributed by atoms with E-state index in [2.05, 4.69) is 17.6 Å². The Kier molecular flexibility index (Phi) is 2.95. The van der Waals surface area contributed by atoms with Gasteiger partial charge in [0.15, 0.2) is 0 Å². The lowest BCUT2D eigenvalue weighted by molar-refractivity contribution is -0.117. The monoisotopic (exact) mass is 222 g/mol. The van der Waals surface area contributed by atoms with Gasteiger partial charge in [0.05, 0.1) is 0 Å². The summed E-state index contributed by atoms with van der Waals surface area (Å²) in [5, 5.41) is 0. The van der Waals surface area contributed by atoms with Crippen LogP contribution < -0.4 is 4.90 Å². The van der Waals surface area contributed by atoms with Gasteiger partial charge in [0, 0.05) is 19.2 Å². The first kappa shape index (κ1) is 10.5. The van der Waals surface area contributed by atoms with Crippen molar-refractivity contribution in [2.75, 3.05) is 17.2 Å². The Morgan fingerprint density at radius 1 is 1.60 bits per heavy atom. The van der Waals surface area contributed by atoms with Gasteiger partial charge in [-0.2, -0.15) is 12.6 Å². The number of aryl methyl sites for hydroxylation is 1. The number of amides is 1. The quantitative estimate of drug-likeness (QED) is 0.772. The molecule has 80 valence electrons. The predicted molar refractivity (Wildman–Crippen MR) is 63.3 cm³/mol. The molecule has 1 saturated heterocycles. The van der Waals surface area contributed by atoms with E-state index in [4.69, 9.17) is 0 Å². The number of nitrogens with zero attached hydrogens (tertiary/aromatic N) is 2. The second-order valence-electron chi connectivity index (χ2n) is 3.95. The molecule has 1 aliphatic rings. The number of thiol groups is 1. The molecule has 0 radical (unpaired) electrons. The highest BCUT2D eigenvalue weighted by atomic mass is 32.1. The van der Waals surface area contributed by atoms with Crippen LogP contribution in [0.2, 0.25) is 0 Å². The number of aromatic nitrogens is 1. The summed E-state index contributed by atoms with van der Waals surface area (Å²) in [5.74, 6) is 2.04. The molecule has 4 heteroatoms. The number of anilines is 1. The van der Waals surface area contributed by atoms with Gasteiger partial charge >= 0.3 is 0 Å². The van der Waals surface area contributed by atoms with E-state index >= 15 is 0 Å². The number of rotatable bonds is 2. The largest absolute Gasteiger partial charge is 0.297 e. The second kappa shape index (κ2) is 4.23. The number of hydrogen-bond donors (Lipinski definition) is 1. The fourth-order valence-corrected chi connectivity index (χ4v) is 1.99. The van der Waals surface area contributed by atoms with Crippen molar-refractivity contribution in [3.05, 3.63) is 23.9 Å². The average molecular weight is 222 g/mol. The Bertz CT molecular complexity index is 363. The minimum Gasteiger partial charge on any atom is -0.297 e. The molecule has 0 aromatic carbocycles. The van der Waals surface area contributed by atoms with Gasteiger partial charge in [-0.15, -0.1) is 0 Å². The normalized spacial score (nSPS) is 21.1. The molecule has 3 nitrogen and oxygen atoms in total. The van der Waals surface area contributed by atoms with Gasteiger partial charge in [0.2, 0.25) is 5.91 Å². The summed E-state index contributed by atoms with van der Waals surface area (Å²) >= 11 is 4.23. The highest BCUT2D eigenvalue weighted by Crippen LogP contribution is 2.23. The first-order valence-electron chi connectivity index (χ1n) is 5.04. The van der Waals surface area contributed by atoms with Crippen molar-refractivity contribution < 1.29 is 4.79 Å². The summed E-state index contributed by atoms with van der Waals surface area (Å²) in [5.41, 5.74) is 1.11. The van der Waals surface area contributed by atoms with Crippen LogP contribution in [0.5, 0.6) is 0 Å². The Balaban J connectivity index is 2.18. The lowest BCUT2D eigenvalue weighted by Crippen LogP contribution is -2.25. The number of carbonyl (C=O) groups is 1. The maximum atomic E-state index is 11.7.